The minimum absolute atomic E-state index is 0.0137. The molecule has 1 unspecified atom stereocenters. The average molecular weight is 541 g/mol. The average Bonchev–Trinajstić information content (AvgIpc) is 2.79. The van der Waals surface area contributed by atoms with Crippen molar-refractivity contribution in [3.05, 3.63) is 60.1 Å². The van der Waals surface area contributed by atoms with Gasteiger partial charge in [-0.05, 0) is 63.5 Å². The molecular weight excluding hydrogens is 532 g/mol. The highest BCUT2D eigenvalue weighted by Crippen LogP contribution is 2.41. The summed E-state index contributed by atoms with van der Waals surface area (Å²) in [6.07, 6.45) is 0.409. The number of carbonyl (C=O) groups is 1. The molecule has 1 aliphatic heterocycles. The normalized spacial score (nSPS) is 14.8. The van der Waals surface area contributed by atoms with Crippen molar-refractivity contribution in [3.63, 3.8) is 0 Å². The first kappa shape index (κ1) is 15.8. The van der Waals surface area contributed by atoms with Crippen molar-refractivity contribution >= 4 is 77.6 Å². The Kier molecular flexibility index (Phi) is 4.64. The lowest BCUT2D eigenvalue weighted by Crippen LogP contribution is -2.03. The van der Waals surface area contributed by atoms with Gasteiger partial charge in [-0.15, -0.1) is 0 Å². The molecule has 21 heavy (non-hydrogen) atoms. The Morgan fingerprint density at radius 3 is 2.76 bits per heavy atom. The zero-order valence-electron chi connectivity index (χ0n) is 10.6. The molecule has 0 saturated heterocycles. The van der Waals surface area contributed by atoms with E-state index in [1.807, 2.05) is 24.3 Å². The van der Waals surface area contributed by atoms with Gasteiger partial charge in [-0.25, -0.2) is 0 Å². The molecule has 1 amide bonds. The molecule has 6 heteroatoms. The van der Waals surface area contributed by atoms with Gasteiger partial charge < -0.3 is 5.32 Å². The van der Waals surface area contributed by atoms with Gasteiger partial charge in [0.15, 0.2) is 0 Å². The molecule has 0 aromatic heterocycles. The summed E-state index contributed by atoms with van der Waals surface area (Å²) in [5.41, 5.74) is 3.89. The Morgan fingerprint density at radius 2 is 2.00 bits per heavy atom. The molecule has 0 spiro atoms. The van der Waals surface area contributed by atoms with E-state index in [0.717, 1.165) is 30.4 Å². The van der Waals surface area contributed by atoms with Gasteiger partial charge >= 0.3 is 0 Å². The lowest BCUT2D eigenvalue weighted by molar-refractivity contribution is -0.115. The van der Waals surface area contributed by atoms with Gasteiger partial charge in [0.2, 0.25) is 5.91 Å². The number of fused-ring (bicyclic) bond motifs is 1. The maximum Gasteiger partial charge on any atom is 0.228 e. The summed E-state index contributed by atoms with van der Waals surface area (Å²) in [4.78, 5) is 11.5. The van der Waals surface area contributed by atoms with E-state index in [9.17, 15) is 4.79 Å². The second-order valence-corrected chi connectivity index (χ2v) is 8.21. The summed E-state index contributed by atoms with van der Waals surface area (Å²) in [5.74, 6) is 0.0137. The first-order valence-electron chi connectivity index (χ1n) is 6.17. The number of carbonyl (C=O) groups excluding carboxylic acids is 1. The first-order valence-corrected chi connectivity index (χ1v) is 9.33. The van der Waals surface area contributed by atoms with Crippen LogP contribution in [0.5, 0.6) is 0 Å². The van der Waals surface area contributed by atoms with Gasteiger partial charge in [0.05, 0.1) is 11.2 Å². The van der Waals surface area contributed by atoms with Crippen molar-refractivity contribution < 1.29 is 4.79 Å². The number of anilines is 1. The second-order valence-electron chi connectivity index (χ2n) is 4.78. The smallest absolute Gasteiger partial charge is 0.228 e. The van der Waals surface area contributed by atoms with Crippen LogP contribution in [-0.2, 0) is 11.2 Å². The largest absolute Gasteiger partial charge is 0.325 e. The quantitative estimate of drug-likeness (QED) is 0.385. The number of nitrogens with one attached hydrogen (secondary N) is 1. The summed E-state index contributed by atoms with van der Waals surface area (Å²) in [7, 11) is 0. The van der Waals surface area contributed by atoms with Crippen molar-refractivity contribution in [2.45, 2.75) is 11.2 Å². The van der Waals surface area contributed by atoms with E-state index in [0.29, 0.717) is 11.4 Å². The van der Waals surface area contributed by atoms with Crippen LogP contribution >= 0.6 is 66.1 Å². The van der Waals surface area contributed by atoms with Crippen LogP contribution in [0.2, 0.25) is 5.02 Å². The summed E-state index contributed by atoms with van der Waals surface area (Å²) < 4.78 is 2.18. The van der Waals surface area contributed by atoms with Gasteiger partial charge in [0.25, 0.3) is 0 Å². The van der Waals surface area contributed by atoms with Gasteiger partial charge in [-0.3, -0.25) is 4.79 Å². The maximum absolute atomic E-state index is 11.5. The van der Waals surface area contributed by atoms with Crippen molar-refractivity contribution in [2.24, 2.45) is 0 Å². The van der Waals surface area contributed by atoms with Crippen LogP contribution in [0.1, 0.15) is 21.5 Å². The van der Waals surface area contributed by atoms with Crippen LogP contribution in [0.4, 0.5) is 5.69 Å². The monoisotopic (exact) mass is 539 g/mol. The molecule has 0 fully saturated rings. The Hall–Kier alpha value is -0.110. The maximum atomic E-state index is 11.5. The van der Waals surface area contributed by atoms with Gasteiger partial charge in [0.1, 0.15) is 0 Å². The van der Waals surface area contributed by atoms with Crippen LogP contribution in [0, 0.1) is 3.57 Å². The lowest BCUT2D eigenvalue weighted by atomic mass is 10.0. The number of alkyl halides is 1. The number of benzene rings is 2. The van der Waals surface area contributed by atoms with Crippen LogP contribution in [0.25, 0.3) is 0 Å². The zero-order chi connectivity index (χ0) is 15.1. The van der Waals surface area contributed by atoms with Gasteiger partial charge in [0, 0.05) is 18.8 Å². The second kappa shape index (κ2) is 6.18. The van der Waals surface area contributed by atoms with Crippen LogP contribution in [-0.4, -0.2) is 5.91 Å². The highest BCUT2D eigenvalue weighted by molar-refractivity contribution is 14.1. The SMILES string of the molecule is O=C1Cc2cc(C(Br)c3cc(I)ccc3Br)c(Cl)cc2N1. The van der Waals surface area contributed by atoms with E-state index < -0.39 is 0 Å². The number of rotatable bonds is 2. The summed E-state index contributed by atoms with van der Waals surface area (Å²) >= 11 is 16.0. The van der Waals surface area contributed by atoms with E-state index in [2.05, 4.69) is 65.8 Å². The molecule has 1 heterocycles. The van der Waals surface area contributed by atoms with E-state index in [1.165, 1.54) is 0 Å². The van der Waals surface area contributed by atoms with E-state index in [-0.39, 0.29) is 10.7 Å². The van der Waals surface area contributed by atoms with E-state index in [1.54, 1.807) is 0 Å². The fourth-order valence-corrected chi connectivity index (χ4v) is 4.80. The number of hydrogen-bond acceptors (Lipinski definition) is 1. The molecule has 3 rings (SSSR count). The molecule has 0 aliphatic carbocycles. The summed E-state index contributed by atoms with van der Waals surface area (Å²) in [6, 6.07) is 10.0. The lowest BCUT2D eigenvalue weighted by Gasteiger charge is -2.16. The third kappa shape index (κ3) is 3.16. The molecule has 2 aromatic carbocycles. The number of amides is 1. The predicted octanol–water partition coefficient (Wildman–Crippen LogP) is 5.69. The summed E-state index contributed by atoms with van der Waals surface area (Å²) in [5, 5.41) is 3.46. The van der Waals surface area contributed by atoms with E-state index >= 15 is 0 Å². The minimum Gasteiger partial charge on any atom is -0.325 e. The Labute approximate surface area is 158 Å². The minimum atomic E-state index is -0.0323. The molecule has 1 aliphatic rings. The fourth-order valence-electron chi connectivity index (χ4n) is 2.34. The standard InChI is InChI=1S/C15H9Br2ClINO/c16-11-2-1-8(19)5-9(11)15(17)10-3-7-4-14(21)20-13(7)6-12(10)18/h1-3,5-6,15H,4H2,(H,20,21). The third-order valence-electron chi connectivity index (χ3n) is 3.35. The van der Waals surface area contributed by atoms with Crippen molar-refractivity contribution in [1.82, 2.24) is 0 Å². The number of halogens is 4. The highest BCUT2D eigenvalue weighted by atomic mass is 127. The van der Waals surface area contributed by atoms with Gasteiger partial charge in [-0.1, -0.05) is 49.5 Å². The molecule has 108 valence electrons. The Bertz CT molecular complexity index is 751. The molecule has 0 bridgehead atoms. The first-order chi connectivity index (χ1) is 9.95. The predicted molar refractivity (Wildman–Crippen MR) is 101 cm³/mol. The van der Waals surface area contributed by atoms with Crippen LogP contribution in [0.15, 0.2) is 34.8 Å². The topological polar surface area (TPSA) is 29.1 Å². The molecule has 1 atom stereocenters. The fraction of sp³-hybridized carbons (Fsp3) is 0.133. The van der Waals surface area contributed by atoms with E-state index in [4.69, 9.17) is 11.6 Å². The third-order valence-corrected chi connectivity index (χ3v) is 6.06. The molecular formula is C15H9Br2ClINO. The van der Waals surface area contributed by atoms with Crippen LogP contribution < -0.4 is 5.32 Å². The number of hydrogen-bond donors (Lipinski definition) is 1. The molecule has 0 saturated carbocycles. The molecule has 2 aromatic rings. The Morgan fingerprint density at radius 1 is 1.24 bits per heavy atom. The van der Waals surface area contributed by atoms with Crippen molar-refractivity contribution in [2.75, 3.05) is 5.32 Å². The van der Waals surface area contributed by atoms with Crippen molar-refractivity contribution in [1.29, 1.82) is 0 Å². The molecule has 2 nitrogen and oxygen atoms in total. The molecule has 1 N–H and O–H groups in total. The van der Waals surface area contributed by atoms with Crippen LogP contribution in [0.3, 0.4) is 0 Å². The van der Waals surface area contributed by atoms with Gasteiger partial charge in [-0.2, -0.15) is 0 Å². The zero-order valence-corrected chi connectivity index (χ0v) is 16.7. The Balaban J connectivity index is 2.06. The highest BCUT2D eigenvalue weighted by Gasteiger charge is 2.23. The van der Waals surface area contributed by atoms with Crippen molar-refractivity contribution in [3.8, 4) is 0 Å². The molecule has 0 radical (unpaired) electrons. The summed E-state index contributed by atoms with van der Waals surface area (Å²) in [6.45, 7) is 0.